The van der Waals surface area contributed by atoms with Crippen molar-refractivity contribution in [1.29, 1.82) is 0 Å². The fourth-order valence-corrected chi connectivity index (χ4v) is 5.62. The molecule has 0 aliphatic heterocycles. The van der Waals surface area contributed by atoms with E-state index in [9.17, 15) is 13.2 Å². The molecule has 0 spiro atoms. The summed E-state index contributed by atoms with van der Waals surface area (Å²) in [6.45, 7) is 1.52. The summed E-state index contributed by atoms with van der Waals surface area (Å²) in [5, 5.41) is 8.91. The number of hydrogen-bond donors (Lipinski definition) is 2. The number of rotatable bonds is 8. The zero-order valence-corrected chi connectivity index (χ0v) is 20.7. The molecular formula is C24H23BrN2O6S. The SMILES string of the molecule is Cc1ccc(Oc2ncc(S(=O)(=O)NC3CCCc4c(OCC(=O)O)cccc43)cc2Br)cc1. The molecule has 0 fully saturated rings. The van der Waals surface area contributed by atoms with Crippen molar-refractivity contribution in [3.05, 3.63) is 75.9 Å². The Morgan fingerprint density at radius 3 is 2.71 bits per heavy atom. The smallest absolute Gasteiger partial charge is 0.341 e. The lowest BCUT2D eigenvalue weighted by molar-refractivity contribution is -0.139. The lowest BCUT2D eigenvalue weighted by atomic mass is 9.87. The molecule has 0 amide bonds. The van der Waals surface area contributed by atoms with E-state index in [0.717, 1.165) is 23.1 Å². The van der Waals surface area contributed by atoms with E-state index in [1.807, 2.05) is 37.3 Å². The number of aryl methyl sites for hydroxylation is 1. The molecule has 0 saturated carbocycles. The van der Waals surface area contributed by atoms with Crippen LogP contribution in [0.15, 0.2) is 64.1 Å². The predicted octanol–water partition coefficient (Wildman–Crippen LogP) is 4.76. The highest BCUT2D eigenvalue weighted by molar-refractivity contribution is 9.10. The highest BCUT2D eigenvalue weighted by Crippen LogP contribution is 2.37. The highest BCUT2D eigenvalue weighted by atomic mass is 79.9. The van der Waals surface area contributed by atoms with Crippen LogP contribution in [0.4, 0.5) is 0 Å². The molecule has 0 radical (unpaired) electrons. The first-order valence-corrected chi connectivity index (χ1v) is 12.9. The molecule has 0 saturated heterocycles. The van der Waals surface area contributed by atoms with Crippen molar-refractivity contribution in [2.45, 2.75) is 37.1 Å². The van der Waals surface area contributed by atoms with E-state index in [4.69, 9.17) is 14.6 Å². The molecule has 2 aromatic carbocycles. The lowest BCUT2D eigenvalue weighted by Crippen LogP contribution is -2.31. The summed E-state index contributed by atoms with van der Waals surface area (Å²) in [4.78, 5) is 15.1. The average Bonchev–Trinajstić information content (AvgIpc) is 2.80. The average molecular weight is 547 g/mol. The topological polar surface area (TPSA) is 115 Å². The molecule has 1 aliphatic rings. The molecule has 4 rings (SSSR count). The fourth-order valence-electron chi connectivity index (χ4n) is 3.82. The lowest BCUT2D eigenvalue weighted by Gasteiger charge is -2.27. The van der Waals surface area contributed by atoms with Gasteiger partial charge in [0.15, 0.2) is 6.61 Å². The van der Waals surface area contributed by atoms with Crippen LogP contribution in [0.5, 0.6) is 17.4 Å². The number of ether oxygens (including phenoxy) is 2. The van der Waals surface area contributed by atoms with Gasteiger partial charge in [0.2, 0.25) is 15.9 Å². The molecule has 178 valence electrons. The van der Waals surface area contributed by atoms with Crippen LogP contribution in [-0.4, -0.2) is 31.1 Å². The van der Waals surface area contributed by atoms with Crippen molar-refractivity contribution in [3.63, 3.8) is 0 Å². The molecule has 0 bridgehead atoms. The van der Waals surface area contributed by atoms with Crippen molar-refractivity contribution < 1.29 is 27.8 Å². The molecule has 3 aromatic rings. The summed E-state index contributed by atoms with van der Waals surface area (Å²) in [6.07, 6.45) is 3.28. The third kappa shape index (κ3) is 5.57. The summed E-state index contributed by atoms with van der Waals surface area (Å²) in [5.41, 5.74) is 2.70. The first-order chi connectivity index (χ1) is 16.2. The Morgan fingerprint density at radius 1 is 1.24 bits per heavy atom. The minimum Gasteiger partial charge on any atom is -0.482 e. The Bertz CT molecular complexity index is 1310. The molecule has 1 atom stereocenters. The maximum absolute atomic E-state index is 13.1. The van der Waals surface area contributed by atoms with Crippen LogP contribution in [-0.2, 0) is 21.2 Å². The Morgan fingerprint density at radius 2 is 2.00 bits per heavy atom. The van der Waals surface area contributed by atoms with Crippen LogP contribution < -0.4 is 14.2 Å². The van der Waals surface area contributed by atoms with Gasteiger partial charge in [-0.05, 0) is 77.5 Å². The van der Waals surface area contributed by atoms with E-state index in [1.54, 1.807) is 12.1 Å². The molecule has 10 heteroatoms. The summed E-state index contributed by atoms with van der Waals surface area (Å²) < 4.78 is 40.6. The van der Waals surface area contributed by atoms with E-state index in [2.05, 4.69) is 25.6 Å². The highest BCUT2D eigenvalue weighted by Gasteiger charge is 2.28. The molecule has 8 nitrogen and oxygen atoms in total. The van der Waals surface area contributed by atoms with E-state index < -0.39 is 28.6 Å². The van der Waals surface area contributed by atoms with Crippen LogP contribution in [0.1, 0.15) is 35.6 Å². The van der Waals surface area contributed by atoms with Gasteiger partial charge >= 0.3 is 5.97 Å². The van der Waals surface area contributed by atoms with E-state index in [-0.39, 0.29) is 10.8 Å². The largest absolute Gasteiger partial charge is 0.482 e. The number of aliphatic carboxylic acids is 1. The zero-order valence-electron chi connectivity index (χ0n) is 18.3. The van der Waals surface area contributed by atoms with Crippen molar-refractivity contribution >= 4 is 31.9 Å². The maximum Gasteiger partial charge on any atom is 0.341 e. The van der Waals surface area contributed by atoms with Crippen molar-refractivity contribution in [3.8, 4) is 17.4 Å². The van der Waals surface area contributed by atoms with Crippen molar-refractivity contribution in [2.24, 2.45) is 0 Å². The number of pyridine rings is 1. The molecule has 2 N–H and O–H groups in total. The van der Waals surface area contributed by atoms with Crippen molar-refractivity contribution in [2.75, 3.05) is 6.61 Å². The first kappa shape index (κ1) is 24.2. The van der Waals surface area contributed by atoms with Gasteiger partial charge in [-0.25, -0.2) is 22.9 Å². The molecule has 1 aromatic heterocycles. The summed E-state index contributed by atoms with van der Waals surface area (Å²) in [5.74, 6) is 0.239. The minimum atomic E-state index is -3.89. The number of benzene rings is 2. The Labute approximate surface area is 206 Å². The Hall–Kier alpha value is -2.95. The van der Waals surface area contributed by atoms with E-state index in [1.165, 1.54) is 12.3 Å². The standard InChI is InChI=1S/C24H23BrN2O6S/c1-15-8-10-16(11-9-15)33-24-20(25)12-17(13-26-24)34(30,31)27-21-6-2-5-19-18(21)4-3-7-22(19)32-14-23(28)29/h3-4,7-13,21,27H,2,5-6,14H2,1H3,(H,28,29). The number of carboxylic acids is 1. The number of aromatic nitrogens is 1. The quantitative estimate of drug-likeness (QED) is 0.418. The second kappa shape index (κ2) is 10.1. The molecule has 1 heterocycles. The van der Waals surface area contributed by atoms with Gasteiger partial charge in [0.1, 0.15) is 16.4 Å². The molecular weight excluding hydrogens is 524 g/mol. The van der Waals surface area contributed by atoms with E-state index in [0.29, 0.717) is 28.8 Å². The number of carboxylic acid groups (broad SMARTS) is 1. The Kier molecular flexibility index (Phi) is 7.20. The summed E-state index contributed by atoms with van der Waals surface area (Å²) in [7, 11) is -3.89. The Balaban J connectivity index is 1.54. The molecule has 34 heavy (non-hydrogen) atoms. The second-order valence-corrected chi connectivity index (χ2v) is 10.5. The van der Waals surface area contributed by atoms with Crippen molar-refractivity contribution in [1.82, 2.24) is 9.71 Å². The fraction of sp³-hybridized carbons (Fsp3) is 0.250. The monoisotopic (exact) mass is 546 g/mol. The number of nitrogens with zero attached hydrogens (tertiary/aromatic N) is 1. The molecule has 1 unspecified atom stereocenters. The van der Waals surface area contributed by atoms with Crippen LogP contribution >= 0.6 is 15.9 Å². The van der Waals surface area contributed by atoms with Gasteiger partial charge in [0.05, 0.1) is 10.7 Å². The van der Waals surface area contributed by atoms with Gasteiger partial charge in [-0.15, -0.1) is 0 Å². The zero-order chi connectivity index (χ0) is 24.3. The number of halogens is 1. The predicted molar refractivity (Wildman–Crippen MR) is 129 cm³/mol. The minimum absolute atomic E-state index is 0.000960. The third-order valence-electron chi connectivity index (χ3n) is 5.44. The third-order valence-corrected chi connectivity index (χ3v) is 7.45. The second-order valence-electron chi connectivity index (χ2n) is 7.95. The number of carbonyl (C=O) groups is 1. The van der Waals surface area contributed by atoms with Crippen LogP contribution in [0.25, 0.3) is 0 Å². The molecule has 1 aliphatic carbocycles. The van der Waals surface area contributed by atoms with E-state index >= 15 is 0 Å². The summed E-state index contributed by atoms with van der Waals surface area (Å²) >= 11 is 3.36. The van der Waals surface area contributed by atoms with Gasteiger partial charge in [0.25, 0.3) is 0 Å². The van der Waals surface area contributed by atoms with Gasteiger partial charge in [0, 0.05) is 6.04 Å². The van der Waals surface area contributed by atoms with Crippen LogP contribution in [0.2, 0.25) is 0 Å². The van der Waals surface area contributed by atoms with Gasteiger partial charge in [-0.2, -0.15) is 0 Å². The normalized spacial score (nSPS) is 15.4. The van der Waals surface area contributed by atoms with Gasteiger partial charge in [-0.3, -0.25) is 0 Å². The summed E-state index contributed by atoms with van der Waals surface area (Å²) in [6, 6.07) is 13.7. The van der Waals surface area contributed by atoms with Crippen LogP contribution in [0.3, 0.4) is 0 Å². The van der Waals surface area contributed by atoms with Gasteiger partial charge < -0.3 is 14.6 Å². The number of fused-ring (bicyclic) bond motifs is 1. The number of nitrogens with one attached hydrogen (secondary N) is 1. The number of hydrogen-bond acceptors (Lipinski definition) is 6. The van der Waals surface area contributed by atoms with Crippen LogP contribution in [0, 0.1) is 6.92 Å². The van der Waals surface area contributed by atoms with Gasteiger partial charge in [-0.1, -0.05) is 29.8 Å². The maximum atomic E-state index is 13.1. The number of sulfonamides is 1. The first-order valence-electron chi connectivity index (χ1n) is 10.6.